The highest BCUT2D eigenvalue weighted by atomic mass is 16.5. The number of fused-ring (bicyclic) bond motifs is 2. The quantitative estimate of drug-likeness (QED) is 0.646. The largest absolute Gasteiger partial charge is 0.467 e. The van der Waals surface area contributed by atoms with Gasteiger partial charge in [-0.3, -0.25) is 4.79 Å². The van der Waals surface area contributed by atoms with Crippen LogP contribution in [0.25, 0.3) is 10.9 Å². The molecule has 2 N–H and O–H groups in total. The Morgan fingerprint density at radius 3 is 2.75 bits per heavy atom. The highest BCUT2D eigenvalue weighted by Crippen LogP contribution is 2.31. The van der Waals surface area contributed by atoms with Gasteiger partial charge in [-0.1, -0.05) is 0 Å². The average Bonchev–Trinajstić information content (AvgIpc) is 3.27. The van der Waals surface area contributed by atoms with E-state index < -0.39 is 0 Å². The van der Waals surface area contributed by atoms with Crippen LogP contribution in [-0.2, 0) is 12.8 Å². The summed E-state index contributed by atoms with van der Waals surface area (Å²) in [6.07, 6.45) is 6.08. The normalized spacial score (nSPS) is 20.3. The van der Waals surface area contributed by atoms with Crippen LogP contribution in [0, 0.1) is 0 Å². The first kappa shape index (κ1) is 20.6. The molecule has 3 aromatic rings. The number of aromatic nitrogens is 4. The summed E-state index contributed by atoms with van der Waals surface area (Å²) in [7, 11) is 1.52. The standard InChI is InChI=1S/C23H27N7O2/c1-13-10-30(11-14(2)27-13)19-8-7-16(20-17(19)9-24-23(28-20)32-3)22(31)29-21-15-5-4-6-18(15)25-12-26-21/h7-9,12-14,27H,4-6,10-11H2,1-3H3,(H,25,26,29,31)/t13-,14-/m1/s1. The zero-order chi connectivity index (χ0) is 22.2. The zero-order valence-corrected chi connectivity index (χ0v) is 18.6. The van der Waals surface area contributed by atoms with E-state index in [2.05, 4.69) is 49.3 Å². The molecule has 5 rings (SSSR count). The van der Waals surface area contributed by atoms with Crippen LogP contribution < -0.4 is 20.3 Å². The molecule has 0 unspecified atom stereocenters. The van der Waals surface area contributed by atoms with Gasteiger partial charge in [-0.05, 0) is 45.2 Å². The fourth-order valence-electron chi connectivity index (χ4n) is 4.81. The van der Waals surface area contributed by atoms with Gasteiger partial charge in [0.05, 0.1) is 18.2 Å². The molecule has 0 spiro atoms. The number of amides is 1. The highest BCUT2D eigenvalue weighted by Gasteiger charge is 2.25. The molecule has 1 fully saturated rings. The first-order valence-corrected chi connectivity index (χ1v) is 11.0. The minimum atomic E-state index is -0.253. The molecular formula is C23H27N7O2. The lowest BCUT2D eigenvalue weighted by molar-refractivity contribution is 0.102. The summed E-state index contributed by atoms with van der Waals surface area (Å²) >= 11 is 0. The third-order valence-electron chi connectivity index (χ3n) is 6.14. The van der Waals surface area contributed by atoms with E-state index in [1.807, 2.05) is 12.1 Å². The van der Waals surface area contributed by atoms with E-state index in [-0.39, 0.29) is 11.9 Å². The SMILES string of the molecule is COc1ncc2c(N3C[C@@H](C)N[C@H](C)C3)ccc(C(=O)Nc3ncnc4c3CCC4)c2n1. The van der Waals surface area contributed by atoms with Gasteiger partial charge in [-0.25, -0.2) is 15.0 Å². The van der Waals surface area contributed by atoms with Crippen molar-refractivity contribution in [2.24, 2.45) is 0 Å². The van der Waals surface area contributed by atoms with Gasteiger partial charge in [-0.15, -0.1) is 0 Å². The Kier molecular flexibility index (Phi) is 5.34. The van der Waals surface area contributed by atoms with Crippen molar-refractivity contribution in [3.63, 3.8) is 0 Å². The number of hydrogen-bond acceptors (Lipinski definition) is 8. The molecule has 1 amide bonds. The summed E-state index contributed by atoms with van der Waals surface area (Å²) in [6, 6.07) is 4.76. The maximum Gasteiger partial charge on any atom is 0.316 e. The Morgan fingerprint density at radius 2 is 1.97 bits per heavy atom. The van der Waals surface area contributed by atoms with Gasteiger partial charge in [0.2, 0.25) is 0 Å². The molecule has 0 saturated carbocycles. The monoisotopic (exact) mass is 433 g/mol. The van der Waals surface area contributed by atoms with Gasteiger partial charge in [0.25, 0.3) is 5.91 Å². The number of anilines is 2. The van der Waals surface area contributed by atoms with Crippen molar-refractivity contribution in [3.8, 4) is 6.01 Å². The van der Waals surface area contributed by atoms with Gasteiger partial charge in [0, 0.05) is 53.7 Å². The Bertz CT molecular complexity index is 1170. The molecule has 166 valence electrons. The van der Waals surface area contributed by atoms with Gasteiger partial charge in [0.15, 0.2) is 0 Å². The van der Waals surface area contributed by atoms with Crippen molar-refractivity contribution in [1.82, 2.24) is 25.3 Å². The highest BCUT2D eigenvalue weighted by molar-refractivity contribution is 6.13. The van der Waals surface area contributed by atoms with E-state index in [9.17, 15) is 4.79 Å². The zero-order valence-electron chi connectivity index (χ0n) is 18.6. The molecule has 1 aromatic carbocycles. The van der Waals surface area contributed by atoms with E-state index in [0.717, 1.165) is 54.7 Å². The van der Waals surface area contributed by atoms with Crippen molar-refractivity contribution < 1.29 is 9.53 Å². The summed E-state index contributed by atoms with van der Waals surface area (Å²) in [5.74, 6) is 0.331. The Morgan fingerprint density at radius 1 is 1.16 bits per heavy atom. The minimum absolute atomic E-state index is 0.230. The number of methoxy groups -OCH3 is 1. The number of carbonyl (C=O) groups excluding carboxylic acids is 1. The molecule has 9 nitrogen and oxygen atoms in total. The van der Waals surface area contributed by atoms with Crippen molar-refractivity contribution in [2.75, 3.05) is 30.4 Å². The van der Waals surface area contributed by atoms with Crippen LogP contribution in [0.1, 0.15) is 41.9 Å². The number of piperazine rings is 1. The minimum Gasteiger partial charge on any atom is -0.467 e. The second-order valence-electron chi connectivity index (χ2n) is 8.58. The second kappa shape index (κ2) is 8.31. The molecule has 2 aliphatic rings. The topological polar surface area (TPSA) is 105 Å². The lowest BCUT2D eigenvalue weighted by Crippen LogP contribution is -2.54. The lowest BCUT2D eigenvalue weighted by atomic mass is 10.0. The van der Waals surface area contributed by atoms with Gasteiger partial charge >= 0.3 is 6.01 Å². The molecule has 2 aromatic heterocycles. The molecule has 0 radical (unpaired) electrons. The second-order valence-corrected chi connectivity index (χ2v) is 8.58. The molecule has 1 saturated heterocycles. The molecule has 0 bridgehead atoms. The maximum atomic E-state index is 13.3. The van der Waals surface area contributed by atoms with Crippen LogP contribution in [0.15, 0.2) is 24.7 Å². The number of rotatable bonds is 4. The molecule has 9 heteroatoms. The molecule has 32 heavy (non-hydrogen) atoms. The number of benzene rings is 1. The van der Waals surface area contributed by atoms with Crippen molar-refractivity contribution >= 4 is 28.3 Å². The van der Waals surface area contributed by atoms with Crippen molar-refractivity contribution in [2.45, 2.75) is 45.2 Å². The summed E-state index contributed by atoms with van der Waals surface area (Å²) in [6.45, 7) is 6.08. The summed E-state index contributed by atoms with van der Waals surface area (Å²) in [5.41, 5.74) is 4.09. The van der Waals surface area contributed by atoms with Crippen LogP contribution in [0.4, 0.5) is 11.5 Å². The molecular weight excluding hydrogens is 406 g/mol. The number of nitrogens with one attached hydrogen (secondary N) is 2. The Balaban J connectivity index is 1.55. The lowest BCUT2D eigenvalue weighted by Gasteiger charge is -2.38. The number of hydrogen-bond donors (Lipinski definition) is 2. The van der Waals surface area contributed by atoms with E-state index in [4.69, 9.17) is 4.74 Å². The third-order valence-corrected chi connectivity index (χ3v) is 6.14. The van der Waals surface area contributed by atoms with Crippen molar-refractivity contribution in [3.05, 3.63) is 41.5 Å². The summed E-state index contributed by atoms with van der Waals surface area (Å²) < 4.78 is 5.26. The smallest absolute Gasteiger partial charge is 0.316 e. The average molecular weight is 434 g/mol. The molecule has 1 aliphatic heterocycles. The number of nitrogens with zero attached hydrogens (tertiary/aromatic N) is 5. The Labute approximate surface area is 186 Å². The fraction of sp³-hybridized carbons (Fsp3) is 0.435. The number of carbonyl (C=O) groups is 1. The first-order chi connectivity index (χ1) is 15.5. The number of ether oxygens (including phenoxy) is 1. The van der Waals surface area contributed by atoms with Gasteiger partial charge in [-0.2, -0.15) is 4.98 Å². The fourth-order valence-corrected chi connectivity index (χ4v) is 4.81. The van der Waals surface area contributed by atoms with Gasteiger partial charge < -0.3 is 20.3 Å². The van der Waals surface area contributed by atoms with E-state index in [1.165, 1.54) is 13.4 Å². The predicted molar refractivity (Wildman–Crippen MR) is 122 cm³/mol. The Hall–Kier alpha value is -3.33. The first-order valence-electron chi connectivity index (χ1n) is 11.0. The molecule has 2 atom stereocenters. The van der Waals surface area contributed by atoms with Gasteiger partial charge in [0.1, 0.15) is 12.1 Å². The van der Waals surface area contributed by atoms with Crippen molar-refractivity contribution in [1.29, 1.82) is 0 Å². The van der Waals surface area contributed by atoms with Crippen LogP contribution in [-0.4, -0.2) is 58.1 Å². The molecule has 3 heterocycles. The van der Waals surface area contributed by atoms with E-state index >= 15 is 0 Å². The summed E-state index contributed by atoms with van der Waals surface area (Å²) in [4.78, 5) is 33.2. The van der Waals surface area contributed by atoms with Crippen LogP contribution in [0.3, 0.4) is 0 Å². The third kappa shape index (κ3) is 3.73. The van der Waals surface area contributed by atoms with Crippen LogP contribution >= 0.6 is 0 Å². The van der Waals surface area contributed by atoms with E-state index in [1.54, 1.807) is 6.20 Å². The van der Waals surface area contributed by atoms with Crippen LogP contribution in [0.5, 0.6) is 6.01 Å². The predicted octanol–water partition coefficient (Wildman–Crippen LogP) is 2.36. The van der Waals surface area contributed by atoms with Crippen LogP contribution in [0.2, 0.25) is 0 Å². The maximum absolute atomic E-state index is 13.3. The van der Waals surface area contributed by atoms with E-state index in [0.29, 0.717) is 29.0 Å². The molecule has 1 aliphatic carbocycles. The summed E-state index contributed by atoms with van der Waals surface area (Å²) in [5, 5.41) is 7.37. The number of aryl methyl sites for hydroxylation is 1.